The second kappa shape index (κ2) is 4.09. The van der Waals surface area contributed by atoms with Gasteiger partial charge in [-0.3, -0.25) is 0 Å². The summed E-state index contributed by atoms with van der Waals surface area (Å²) < 4.78 is 18.2. The van der Waals surface area contributed by atoms with Gasteiger partial charge in [0.2, 0.25) is 0 Å². The lowest BCUT2D eigenvalue weighted by molar-refractivity contribution is 0.270. The highest BCUT2D eigenvalue weighted by Crippen LogP contribution is 2.22. The Hall–Kier alpha value is -0.900. The number of nitrogens with one attached hydrogen (secondary N) is 1. The van der Waals surface area contributed by atoms with Crippen molar-refractivity contribution in [3.63, 3.8) is 0 Å². The predicted molar refractivity (Wildman–Crippen MR) is 50.6 cm³/mol. The van der Waals surface area contributed by atoms with Gasteiger partial charge >= 0.3 is 0 Å². The molecule has 4 heteroatoms. The third-order valence-corrected chi connectivity index (χ3v) is 2.65. The van der Waals surface area contributed by atoms with E-state index in [0.29, 0.717) is 13.0 Å². The van der Waals surface area contributed by atoms with Crippen LogP contribution in [0.15, 0.2) is 10.6 Å². The molecule has 2 rings (SSSR count). The van der Waals surface area contributed by atoms with Crippen LogP contribution in [0.4, 0.5) is 4.39 Å². The molecule has 0 spiro atoms. The van der Waals surface area contributed by atoms with E-state index in [9.17, 15) is 4.39 Å². The van der Waals surface area contributed by atoms with Gasteiger partial charge in [-0.05, 0) is 26.2 Å². The van der Waals surface area contributed by atoms with Crippen LogP contribution < -0.4 is 5.32 Å². The molecule has 0 amide bonds. The van der Waals surface area contributed by atoms with Crippen molar-refractivity contribution in [2.24, 2.45) is 0 Å². The Labute approximate surface area is 82.7 Å². The monoisotopic (exact) mass is 198 g/mol. The van der Waals surface area contributed by atoms with Crippen LogP contribution in [0.1, 0.15) is 30.7 Å². The fraction of sp³-hybridized carbons (Fsp3) is 0.700. The Morgan fingerprint density at radius 1 is 1.64 bits per heavy atom. The van der Waals surface area contributed by atoms with Gasteiger partial charge < -0.3 is 9.84 Å². The molecule has 0 aromatic carbocycles. The fourth-order valence-corrected chi connectivity index (χ4v) is 1.88. The largest absolute Gasteiger partial charge is 0.360 e. The lowest BCUT2D eigenvalue weighted by atomic mass is 10.2. The molecule has 0 aliphatic heterocycles. The summed E-state index contributed by atoms with van der Waals surface area (Å²) in [5, 5.41) is 6.92. The quantitative estimate of drug-likeness (QED) is 0.806. The number of hydrogen-bond acceptors (Lipinski definition) is 3. The minimum absolute atomic E-state index is 0.000376. The van der Waals surface area contributed by atoms with E-state index < -0.39 is 6.17 Å². The number of hydrogen-bond donors (Lipinski definition) is 1. The van der Waals surface area contributed by atoms with Gasteiger partial charge in [0.25, 0.3) is 0 Å². The summed E-state index contributed by atoms with van der Waals surface area (Å²) >= 11 is 0. The Morgan fingerprint density at radius 3 is 3.07 bits per heavy atom. The smallest absolute Gasteiger partial charge is 0.150 e. The lowest BCUT2D eigenvalue weighted by Crippen LogP contribution is -2.32. The van der Waals surface area contributed by atoms with Crippen molar-refractivity contribution in [2.45, 2.75) is 44.9 Å². The van der Waals surface area contributed by atoms with Crippen molar-refractivity contribution >= 4 is 0 Å². The lowest BCUT2D eigenvalue weighted by Gasteiger charge is -2.12. The van der Waals surface area contributed by atoms with E-state index in [1.807, 2.05) is 13.0 Å². The average molecular weight is 198 g/mol. The number of alkyl halides is 1. The molecule has 1 aromatic rings. The summed E-state index contributed by atoms with van der Waals surface area (Å²) in [6, 6.07) is 1.87. The van der Waals surface area contributed by atoms with Crippen LogP contribution in [0.5, 0.6) is 0 Å². The Bertz CT molecular complexity index is 300. The maximum atomic E-state index is 13.2. The van der Waals surface area contributed by atoms with Crippen LogP contribution in [-0.2, 0) is 6.54 Å². The van der Waals surface area contributed by atoms with E-state index in [0.717, 1.165) is 24.3 Å². The SMILES string of the molecule is Cc1cc(CNC2CCCC2F)on1. The zero-order chi connectivity index (χ0) is 9.97. The van der Waals surface area contributed by atoms with Gasteiger partial charge in [0.15, 0.2) is 5.76 Å². The first-order valence-electron chi connectivity index (χ1n) is 5.05. The standard InChI is InChI=1S/C10H15FN2O/c1-7-5-8(14-13-7)6-12-10-4-2-3-9(10)11/h5,9-10,12H,2-4,6H2,1H3. The molecule has 14 heavy (non-hydrogen) atoms. The van der Waals surface area contributed by atoms with Crippen LogP contribution in [0, 0.1) is 6.92 Å². The van der Waals surface area contributed by atoms with E-state index in [2.05, 4.69) is 10.5 Å². The Balaban J connectivity index is 1.82. The molecule has 1 aliphatic carbocycles. The summed E-state index contributed by atoms with van der Waals surface area (Å²) in [6.07, 6.45) is 1.90. The summed E-state index contributed by atoms with van der Waals surface area (Å²) in [4.78, 5) is 0. The highest BCUT2D eigenvalue weighted by molar-refractivity contribution is 5.03. The Kier molecular flexibility index (Phi) is 2.82. The summed E-state index contributed by atoms with van der Waals surface area (Å²) in [5.74, 6) is 0.779. The summed E-state index contributed by atoms with van der Waals surface area (Å²) in [6.45, 7) is 2.45. The van der Waals surface area contributed by atoms with Crippen molar-refractivity contribution in [3.05, 3.63) is 17.5 Å². The van der Waals surface area contributed by atoms with Crippen LogP contribution in [0.2, 0.25) is 0 Å². The van der Waals surface area contributed by atoms with E-state index in [4.69, 9.17) is 4.52 Å². The van der Waals surface area contributed by atoms with E-state index in [1.54, 1.807) is 0 Å². The fourth-order valence-electron chi connectivity index (χ4n) is 1.88. The van der Waals surface area contributed by atoms with Crippen LogP contribution in [0.25, 0.3) is 0 Å². The van der Waals surface area contributed by atoms with Gasteiger partial charge in [-0.15, -0.1) is 0 Å². The molecule has 0 saturated heterocycles. The Morgan fingerprint density at radius 2 is 2.50 bits per heavy atom. The maximum Gasteiger partial charge on any atom is 0.150 e. The number of rotatable bonds is 3. The number of halogens is 1. The van der Waals surface area contributed by atoms with Gasteiger partial charge in [-0.1, -0.05) is 5.16 Å². The molecular weight excluding hydrogens is 183 g/mol. The first-order chi connectivity index (χ1) is 6.75. The highest BCUT2D eigenvalue weighted by atomic mass is 19.1. The van der Waals surface area contributed by atoms with E-state index >= 15 is 0 Å². The van der Waals surface area contributed by atoms with Crippen molar-refractivity contribution in [2.75, 3.05) is 0 Å². The normalized spacial score (nSPS) is 27.0. The van der Waals surface area contributed by atoms with Gasteiger partial charge in [-0.25, -0.2) is 4.39 Å². The van der Waals surface area contributed by atoms with Crippen molar-refractivity contribution in [1.82, 2.24) is 10.5 Å². The molecule has 0 bridgehead atoms. The summed E-state index contributed by atoms with van der Waals surface area (Å²) in [5.41, 5.74) is 0.866. The minimum Gasteiger partial charge on any atom is -0.360 e. The first kappa shape index (κ1) is 9.65. The minimum atomic E-state index is -0.695. The zero-order valence-electron chi connectivity index (χ0n) is 8.29. The second-order valence-electron chi connectivity index (χ2n) is 3.87. The topological polar surface area (TPSA) is 38.1 Å². The van der Waals surface area contributed by atoms with E-state index in [-0.39, 0.29) is 6.04 Å². The third kappa shape index (κ3) is 2.12. The maximum absolute atomic E-state index is 13.2. The molecular formula is C10H15FN2O. The highest BCUT2D eigenvalue weighted by Gasteiger charge is 2.26. The number of aromatic nitrogens is 1. The van der Waals surface area contributed by atoms with Gasteiger partial charge in [0.05, 0.1) is 12.2 Å². The molecule has 1 fully saturated rings. The van der Waals surface area contributed by atoms with Gasteiger partial charge in [0.1, 0.15) is 6.17 Å². The zero-order valence-corrected chi connectivity index (χ0v) is 8.29. The molecule has 2 unspecified atom stereocenters. The number of aryl methyl sites for hydroxylation is 1. The predicted octanol–water partition coefficient (Wildman–Crippen LogP) is 1.96. The molecule has 1 N–H and O–H groups in total. The summed E-state index contributed by atoms with van der Waals surface area (Å²) in [7, 11) is 0. The molecule has 0 radical (unpaired) electrons. The molecule has 78 valence electrons. The van der Waals surface area contributed by atoms with Crippen molar-refractivity contribution < 1.29 is 8.91 Å². The average Bonchev–Trinajstić information content (AvgIpc) is 2.72. The van der Waals surface area contributed by atoms with Crippen molar-refractivity contribution in [1.29, 1.82) is 0 Å². The van der Waals surface area contributed by atoms with Crippen molar-refractivity contribution in [3.8, 4) is 0 Å². The van der Waals surface area contributed by atoms with E-state index in [1.165, 1.54) is 0 Å². The van der Waals surface area contributed by atoms with Gasteiger partial charge in [-0.2, -0.15) is 0 Å². The number of nitrogens with zero attached hydrogens (tertiary/aromatic N) is 1. The first-order valence-corrected chi connectivity index (χ1v) is 5.05. The molecule has 1 aromatic heterocycles. The van der Waals surface area contributed by atoms with Crippen LogP contribution >= 0.6 is 0 Å². The third-order valence-electron chi connectivity index (χ3n) is 2.65. The molecule has 1 saturated carbocycles. The second-order valence-corrected chi connectivity index (χ2v) is 3.87. The van der Waals surface area contributed by atoms with Gasteiger partial charge in [0, 0.05) is 12.1 Å². The molecule has 1 aliphatic rings. The van der Waals surface area contributed by atoms with Crippen LogP contribution in [-0.4, -0.2) is 17.4 Å². The molecule has 3 nitrogen and oxygen atoms in total. The molecule has 2 atom stereocenters. The molecule has 1 heterocycles. The van der Waals surface area contributed by atoms with Crippen LogP contribution in [0.3, 0.4) is 0 Å².